The summed E-state index contributed by atoms with van der Waals surface area (Å²) in [5, 5.41) is 10.4. The molecule has 2 atom stereocenters. The van der Waals surface area contributed by atoms with E-state index in [-0.39, 0.29) is 30.8 Å². The van der Waals surface area contributed by atoms with Gasteiger partial charge in [0.1, 0.15) is 6.04 Å². The summed E-state index contributed by atoms with van der Waals surface area (Å²) in [6, 6.07) is 9.85. The van der Waals surface area contributed by atoms with Gasteiger partial charge >= 0.3 is 0 Å². The number of aryl methyl sites for hydroxylation is 2. The Hall–Kier alpha value is -2.90. The van der Waals surface area contributed by atoms with Crippen LogP contribution in [0.4, 0.5) is 0 Å². The molecular formula is C26H35N5O4S. The maximum atomic E-state index is 13.5. The molecule has 2 aliphatic rings. The fraction of sp³-hybridized carbons (Fsp3) is 0.577. The van der Waals surface area contributed by atoms with E-state index in [9.17, 15) is 23.3 Å². The molecule has 1 aromatic carbocycles. The zero-order valence-electron chi connectivity index (χ0n) is 21.1. The largest absolute Gasteiger partial charge is 0.345 e. The molecule has 3 heterocycles. The SMILES string of the molecule is CCn1c(CC[C@@H]2CCCN2C(=O)[C@H]2CCCN2C(=O)CCNS(C)(=O)=O)cc2ccc(C#N)cc21. The van der Waals surface area contributed by atoms with Gasteiger partial charge in [0.05, 0.1) is 17.9 Å². The van der Waals surface area contributed by atoms with Crippen LogP contribution in [0.3, 0.4) is 0 Å². The van der Waals surface area contributed by atoms with Crippen LogP contribution in [-0.4, -0.2) is 72.6 Å². The van der Waals surface area contributed by atoms with E-state index in [4.69, 9.17) is 0 Å². The topological polar surface area (TPSA) is 116 Å². The number of sulfonamides is 1. The van der Waals surface area contributed by atoms with Crippen molar-refractivity contribution >= 4 is 32.7 Å². The molecule has 0 radical (unpaired) electrons. The molecule has 0 saturated carbocycles. The second-order valence-electron chi connectivity index (χ2n) is 9.79. The number of nitrogens with zero attached hydrogens (tertiary/aromatic N) is 4. The van der Waals surface area contributed by atoms with Crippen LogP contribution in [0.1, 0.15) is 56.7 Å². The van der Waals surface area contributed by atoms with Crippen molar-refractivity contribution in [1.29, 1.82) is 5.26 Å². The predicted molar refractivity (Wildman–Crippen MR) is 138 cm³/mol. The maximum absolute atomic E-state index is 13.5. The van der Waals surface area contributed by atoms with Gasteiger partial charge in [0.25, 0.3) is 0 Å². The number of rotatable bonds is 9. The van der Waals surface area contributed by atoms with Crippen molar-refractivity contribution in [2.45, 2.75) is 70.5 Å². The lowest BCUT2D eigenvalue weighted by molar-refractivity contribution is -0.144. The second kappa shape index (κ2) is 11.0. The minimum Gasteiger partial charge on any atom is -0.345 e. The average molecular weight is 514 g/mol. The summed E-state index contributed by atoms with van der Waals surface area (Å²) in [6.45, 7) is 4.20. The number of nitriles is 1. The molecule has 0 unspecified atom stereocenters. The summed E-state index contributed by atoms with van der Waals surface area (Å²) in [6.07, 6.45) is 6.15. The highest BCUT2D eigenvalue weighted by Gasteiger charge is 2.39. The van der Waals surface area contributed by atoms with Crippen LogP contribution >= 0.6 is 0 Å². The van der Waals surface area contributed by atoms with Gasteiger partial charge in [-0.1, -0.05) is 6.07 Å². The second-order valence-corrected chi connectivity index (χ2v) is 11.6. The molecule has 9 nitrogen and oxygen atoms in total. The summed E-state index contributed by atoms with van der Waals surface area (Å²) >= 11 is 0. The van der Waals surface area contributed by atoms with E-state index in [1.54, 1.807) is 4.90 Å². The van der Waals surface area contributed by atoms with Crippen molar-refractivity contribution in [3.05, 3.63) is 35.5 Å². The van der Waals surface area contributed by atoms with Gasteiger partial charge in [-0.2, -0.15) is 5.26 Å². The van der Waals surface area contributed by atoms with Crippen LogP contribution in [0.5, 0.6) is 0 Å². The maximum Gasteiger partial charge on any atom is 0.245 e. The number of carbonyl (C=O) groups excluding carboxylic acids is 2. The summed E-state index contributed by atoms with van der Waals surface area (Å²) in [7, 11) is -3.35. The van der Waals surface area contributed by atoms with E-state index < -0.39 is 16.1 Å². The Bertz CT molecular complexity index is 1280. The van der Waals surface area contributed by atoms with E-state index in [0.29, 0.717) is 25.1 Å². The fourth-order valence-corrected chi connectivity index (χ4v) is 6.18. The lowest BCUT2D eigenvalue weighted by Crippen LogP contribution is -2.49. The molecule has 0 spiro atoms. The van der Waals surface area contributed by atoms with Crippen LogP contribution in [0.2, 0.25) is 0 Å². The van der Waals surface area contributed by atoms with E-state index >= 15 is 0 Å². The third-order valence-electron chi connectivity index (χ3n) is 7.39. The van der Waals surface area contributed by atoms with Crippen molar-refractivity contribution in [1.82, 2.24) is 19.1 Å². The fourth-order valence-electron chi connectivity index (χ4n) is 5.70. The Morgan fingerprint density at radius 1 is 1.14 bits per heavy atom. The molecular weight excluding hydrogens is 478 g/mol. The number of aromatic nitrogens is 1. The van der Waals surface area contributed by atoms with E-state index in [0.717, 1.165) is 55.8 Å². The third kappa shape index (κ3) is 5.73. The van der Waals surface area contributed by atoms with Crippen LogP contribution in [0.25, 0.3) is 10.9 Å². The quantitative estimate of drug-likeness (QED) is 0.553. The third-order valence-corrected chi connectivity index (χ3v) is 8.12. The number of hydrogen-bond donors (Lipinski definition) is 1. The summed E-state index contributed by atoms with van der Waals surface area (Å²) in [4.78, 5) is 29.9. The Labute approximate surface area is 213 Å². The van der Waals surface area contributed by atoms with Gasteiger partial charge in [-0.25, -0.2) is 13.1 Å². The number of benzene rings is 1. The number of carbonyl (C=O) groups is 2. The Kier molecular flexibility index (Phi) is 8.00. The lowest BCUT2D eigenvalue weighted by atomic mass is 10.1. The van der Waals surface area contributed by atoms with Gasteiger partial charge in [-0.15, -0.1) is 0 Å². The van der Waals surface area contributed by atoms with Gasteiger partial charge < -0.3 is 14.4 Å². The summed E-state index contributed by atoms with van der Waals surface area (Å²) in [5.74, 6) is -0.156. The van der Waals surface area contributed by atoms with Gasteiger partial charge in [-0.05, 0) is 69.0 Å². The molecule has 36 heavy (non-hydrogen) atoms. The molecule has 2 saturated heterocycles. The number of likely N-dealkylation sites (tertiary alicyclic amines) is 2. The molecule has 0 bridgehead atoms. The van der Waals surface area contributed by atoms with Crippen molar-refractivity contribution in [2.75, 3.05) is 25.9 Å². The Balaban J connectivity index is 1.41. The summed E-state index contributed by atoms with van der Waals surface area (Å²) in [5.41, 5.74) is 2.92. The highest BCUT2D eigenvalue weighted by atomic mass is 32.2. The first-order valence-electron chi connectivity index (χ1n) is 12.8. The van der Waals surface area contributed by atoms with Crippen LogP contribution in [-0.2, 0) is 32.6 Å². The van der Waals surface area contributed by atoms with Crippen molar-refractivity contribution < 1.29 is 18.0 Å². The molecule has 194 valence electrons. The Morgan fingerprint density at radius 2 is 1.89 bits per heavy atom. The first kappa shape index (κ1) is 26.2. The van der Waals surface area contributed by atoms with Crippen molar-refractivity contribution in [3.8, 4) is 6.07 Å². The molecule has 1 N–H and O–H groups in total. The van der Waals surface area contributed by atoms with E-state index in [2.05, 4.69) is 28.3 Å². The number of hydrogen-bond acceptors (Lipinski definition) is 5. The number of amides is 2. The first-order valence-corrected chi connectivity index (χ1v) is 14.7. The van der Waals surface area contributed by atoms with Gasteiger partial charge in [0.15, 0.2) is 0 Å². The van der Waals surface area contributed by atoms with Crippen molar-refractivity contribution in [2.24, 2.45) is 0 Å². The standard InChI is InChI=1S/C26H35N5O4S/c1-3-29-22(17-20-9-8-19(18-27)16-24(20)29)11-10-21-6-4-14-30(21)26(33)23-7-5-15-31(23)25(32)12-13-28-36(2,34)35/h8-9,16-17,21,23,28H,3-7,10-15H2,1-2H3/t21-,23+/m0/s1. The lowest BCUT2D eigenvalue weighted by Gasteiger charge is -2.31. The molecule has 2 fully saturated rings. The van der Waals surface area contributed by atoms with Crippen LogP contribution in [0, 0.1) is 11.3 Å². The molecule has 4 rings (SSSR count). The molecule has 2 aliphatic heterocycles. The van der Waals surface area contributed by atoms with Crippen LogP contribution < -0.4 is 4.72 Å². The monoisotopic (exact) mass is 513 g/mol. The van der Waals surface area contributed by atoms with E-state index in [1.165, 1.54) is 5.69 Å². The predicted octanol–water partition coefficient (Wildman–Crippen LogP) is 2.39. The highest BCUT2D eigenvalue weighted by molar-refractivity contribution is 7.88. The van der Waals surface area contributed by atoms with Gasteiger partial charge in [0.2, 0.25) is 21.8 Å². The highest BCUT2D eigenvalue weighted by Crippen LogP contribution is 2.29. The minimum absolute atomic E-state index is 0.0223. The van der Waals surface area contributed by atoms with Gasteiger partial charge in [-0.3, -0.25) is 9.59 Å². The van der Waals surface area contributed by atoms with Crippen LogP contribution in [0.15, 0.2) is 24.3 Å². The summed E-state index contributed by atoms with van der Waals surface area (Å²) < 4.78 is 27.2. The molecule has 10 heteroatoms. The first-order chi connectivity index (χ1) is 17.2. The molecule has 0 aliphatic carbocycles. The normalized spacial score (nSPS) is 20.2. The molecule has 2 aromatic rings. The zero-order valence-corrected chi connectivity index (χ0v) is 21.9. The Morgan fingerprint density at radius 3 is 2.61 bits per heavy atom. The molecule has 1 aromatic heterocycles. The smallest absolute Gasteiger partial charge is 0.245 e. The number of fused-ring (bicyclic) bond motifs is 1. The molecule has 2 amide bonds. The van der Waals surface area contributed by atoms with E-state index in [1.807, 2.05) is 23.1 Å². The average Bonchev–Trinajstić information content (AvgIpc) is 3.58. The number of nitrogens with one attached hydrogen (secondary N) is 1. The zero-order chi connectivity index (χ0) is 25.9. The van der Waals surface area contributed by atoms with Crippen molar-refractivity contribution in [3.63, 3.8) is 0 Å². The van der Waals surface area contributed by atoms with Gasteiger partial charge in [0, 0.05) is 49.9 Å². The minimum atomic E-state index is -3.35.